The highest BCUT2D eigenvalue weighted by Gasteiger charge is 2.30. The minimum atomic E-state index is -3.56. The molecule has 1 atom stereocenters. The predicted octanol–water partition coefficient (Wildman–Crippen LogP) is 3.68. The second-order valence-electron chi connectivity index (χ2n) is 3.34. The molecule has 0 spiro atoms. The van der Waals surface area contributed by atoms with E-state index in [-0.39, 0.29) is 5.03 Å². The lowest BCUT2D eigenvalue weighted by atomic mass is 10.2. The molecule has 0 heterocycles. The maximum atomic E-state index is 11.9. The van der Waals surface area contributed by atoms with Crippen LogP contribution in [-0.2, 0) is 13.6 Å². The Morgan fingerprint density at radius 2 is 1.89 bits per heavy atom. The molecule has 0 saturated carbocycles. The third kappa shape index (κ3) is 4.05. The van der Waals surface area contributed by atoms with Gasteiger partial charge in [-0.15, -0.1) is 0 Å². The Morgan fingerprint density at radius 1 is 1.39 bits per heavy atom. The van der Waals surface area contributed by atoms with Crippen LogP contribution in [0.1, 0.15) is 5.56 Å². The van der Waals surface area contributed by atoms with E-state index in [1.807, 2.05) is 12.1 Å². The second kappa shape index (κ2) is 7.03. The Balaban J connectivity index is 2.96. The molecule has 1 aromatic carbocycles. The van der Waals surface area contributed by atoms with Crippen molar-refractivity contribution in [2.24, 2.45) is 0 Å². The molecule has 0 saturated heterocycles. The van der Waals surface area contributed by atoms with Gasteiger partial charge >= 0.3 is 7.60 Å². The lowest BCUT2D eigenvalue weighted by molar-refractivity contribution is 0.201. The summed E-state index contributed by atoms with van der Waals surface area (Å²) >= 11 is 8.21. The Labute approximate surface area is 125 Å². The number of aliphatic hydroxyl groups is 1. The second-order valence-corrected chi connectivity index (χ2v) is 7.33. The van der Waals surface area contributed by atoms with Crippen LogP contribution in [0.25, 0.3) is 5.03 Å². The molecule has 0 aliphatic rings. The number of hydrogen-bond donors (Lipinski definition) is 1. The fraction of sp³-hybridized carbons (Fsp3) is 0.273. The fourth-order valence-electron chi connectivity index (χ4n) is 1.22. The van der Waals surface area contributed by atoms with Gasteiger partial charge in [0.15, 0.2) is 5.85 Å². The van der Waals surface area contributed by atoms with Crippen LogP contribution < -0.4 is 0 Å². The van der Waals surface area contributed by atoms with Gasteiger partial charge in [-0.3, -0.25) is 4.57 Å². The van der Waals surface area contributed by atoms with E-state index in [0.29, 0.717) is 0 Å². The highest BCUT2D eigenvalue weighted by molar-refractivity contribution is 14.1. The summed E-state index contributed by atoms with van der Waals surface area (Å²) < 4.78 is 22.3. The first-order valence-corrected chi connectivity index (χ1v) is 8.02. The Hall–Kier alpha value is 0.0900. The van der Waals surface area contributed by atoms with E-state index < -0.39 is 13.4 Å². The topological polar surface area (TPSA) is 55.8 Å². The van der Waals surface area contributed by atoms with Crippen molar-refractivity contribution in [1.82, 2.24) is 0 Å². The highest BCUT2D eigenvalue weighted by atomic mass is 127. The molecular formula is C11H13ClIO4P. The van der Waals surface area contributed by atoms with Gasteiger partial charge in [-0.1, -0.05) is 23.7 Å². The molecule has 1 rings (SSSR count). The van der Waals surface area contributed by atoms with Crippen LogP contribution in [0.3, 0.4) is 0 Å². The molecule has 7 heteroatoms. The van der Waals surface area contributed by atoms with Gasteiger partial charge in [0.25, 0.3) is 0 Å². The number of halogens is 2. The van der Waals surface area contributed by atoms with Crippen LogP contribution in [0.4, 0.5) is 0 Å². The molecule has 0 unspecified atom stereocenters. The summed E-state index contributed by atoms with van der Waals surface area (Å²) in [5.74, 6) is -1.40. The summed E-state index contributed by atoms with van der Waals surface area (Å²) in [5.41, 5.74) is 0.717. The first-order chi connectivity index (χ1) is 8.42. The highest BCUT2D eigenvalue weighted by Crippen LogP contribution is 2.51. The maximum Gasteiger partial charge on any atom is 0.362 e. The first-order valence-electron chi connectivity index (χ1n) is 4.95. The van der Waals surface area contributed by atoms with Crippen molar-refractivity contribution in [3.8, 4) is 0 Å². The summed E-state index contributed by atoms with van der Waals surface area (Å²) in [6, 6.07) is 7.37. The van der Waals surface area contributed by atoms with Gasteiger partial charge in [0, 0.05) is 22.8 Å². The van der Waals surface area contributed by atoms with E-state index in [2.05, 4.69) is 31.6 Å². The van der Waals surface area contributed by atoms with Crippen LogP contribution in [0, 0.1) is 3.57 Å². The van der Waals surface area contributed by atoms with Gasteiger partial charge in [0.05, 0.1) is 0 Å². The molecule has 1 aromatic rings. The maximum absolute atomic E-state index is 11.9. The fourth-order valence-corrected chi connectivity index (χ4v) is 2.82. The van der Waals surface area contributed by atoms with Gasteiger partial charge in [-0.25, -0.2) is 0 Å². The van der Waals surface area contributed by atoms with Crippen molar-refractivity contribution in [2.75, 3.05) is 14.2 Å². The smallest absolute Gasteiger partial charge is 0.362 e. The molecule has 4 nitrogen and oxygen atoms in total. The molecule has 0 aromatic heterocycles. The van der Waals surface area contributed by atoms with Crippen molar-refractivity contribution >= 4 is 46.8 Å². The van der Waals surface area contributed by atoms with Crippen LogP contribution in [0.5, 0.6) is 0 Å². The van der Waals surface area contributed by atoms with Gasteiger partial charge in [-0.05, 0) is 46.4 Å². The quantitative estimate of drug-likeness (QED) is 0.603. The first kappa shape index (κ1) is 16.1. The van der Waals surface area contributed by atoms with Crippen LogP contribution >= 0.6 is 41.8 Å². The predicted molar refractivity (Wildman–Crippen MR) is 80.6 cm³/mol. The van der Waals surface area contributed by atoms with Crippen LogP contribution in [-0.4, -0.2) is 25.2 Å². The van der Waals surface area contributed by atoms with E-state index in [9.17, 15) is 9.67 Å². The minimum Gasteiger partial charge on any atom is -0.377 e. The number of aliphatic hydroxyl groups excluding tert-OH is 1. The Kier molecular flexibility index (Phi) is 6.30. The van der Waals surface area contributed by atoms with Crippen molar-refractivity contribution in [3.05, 3.63) is 39.5 Å². The van der Waals surface area contributed by atoms with E-state index in [4.69, 9.17) is 11.6 Å². The SMILES string of the molecule is COP(=O)(OC)[C@H](O)/C=C(\Cl)c1ccc(I)cc1. The minimum absolute atomic E-state index is 0.285. The molecule has 0 radical (unpaired) electrons. The average molecular weight is 403 g/mol. The number of benzene rings is 1. The van der Waals surface area contributed by atoms with Gasteiger partial charge in [0.2, 0.25) is 0 Å². The van der Waals surface area contributed by atoms with Crippen molar-refractivity contribution in [3.63, 3.8) is 0 Å². The van der Waals surface area contributed by atoms with E-state index in [1.54, 1.807) is 12.1 Å². The molecule has 18 heavy (non-hydrogen) atoms. The molecule has 0 fully saturated rings. The zero-order chi connectivity index (χ0) is 13.8. The van der Waals surface area contributed by atoms with E-state index >= 15 is 0 Å². The van der Waals surface area contributed by atoms with Crippen molar-refractivity contribution in [1.29, 1.82) is 0 Å². The lowest BCUT2D eigenvalue weighted by Crippen LogP contribution is -2.07. The molecule has 0 amide bonds. The third-order valence-electron chi connectivity index (χ3n) is 2.25. The number of rotatable bonds is 5. The van der Waals surface area contributed by atoms with Crippen molar-refractivity contribution < 1.29 is 18.7 Å². The largest absolute Gasteiger partial charge is 0.377 e. The average Bonchev–Trinajstić information content (AvgIpc) is 2.38. The zero-order valence-corrected chi connectivity index (χ0v) is 13.6. The summed E-state index contributed by atoms with van der Waals surface area (Å²) in [6.45, 7) is 0. The monoisotopic (exact) mass is 402 g/mol. The van der Waals surface area contributed by atoms with Gasteiger partial charge in [-0.2, -0.15) is 0 Å². The summed E-state index contributed by atoms with van der Waals surface area (Å²) in [5, 5.41) is 10.1. The normalized spacial score (nSPS) is 14.6. The van der Waals surface area contributed by atoms with E-state index in [0.717, 1.165) is 9.13 Å². The zero-order valence-electron chi connectivity index (χ0n) is 9.84. The molecule has 0 bridgehead atoms. The lowest BCUT2D eigenvalue weighted by Gasteiger charge is -2.17. The molecular weight excluding hydrogens is 389 g/mol. The summed E-state index contributed by atoms with van der Waals surface area (Å²) in [7, 11) is -1.15. The standard InChI is InChI=1S/C11H13ClIO4P/c1-16-18(15,17-2)11(14)7-10(12)8-3-5-9(13)6-4-8/h3-7,11,14H,1-2H3/b10-7-/t11-/m0/s1. The molecule has 100 valence electrons. The summed E-state index contributed by atoms with van der Waals surface area (Å²) in [4.78, 5) is 0. The van der Waals surface area contributed by atoms with Crippen molar-refractivity contribution in [2.45, 2.75) is 5.85 Å². The molecule has 0 aliphatic carbocycles. The molecule has 1 N–H and O–H groups in total. The van der Waals surface area contributed by atoms with Crippen LogP contribution in [0.2, 0.25) is 0 Å². The molecule has 0 aliphatic heterocycles. The van der Waals surface area contributed by atoms with E-state index in [1.165, 1.54) is 20.3 Å². The third-order valence-corrected chi connectivity index (χ3v) is 5.13. The van der Waals surface area contributed by atoms with Crippen LogP contribution in [0.15, 0.2) is 30.3 Å². The number of hydrogen-bond acceptors (Lipinski definition) is 4. The van der Waals surface area contributed by atoms with Gasteiger partial charge in [0.1, 0.15) is 0 Å². The Morgan fingerprint density at radius 3 is 2.33 bits per heavy atom. The van der Waals surface area contributed by atoms with Gasteiger partial charge < -0.3 is 14.2 Å². The Bertz CT molecular complexity index is 466. The summed E-state index contributed by atoms with van der Waals surface area (Å²) in [6.07, 6.45) is 1.25.